The Morgan fingerprint density at radius 1 is 1.03 bits per heavy atom. The summed E-state index contributed by atoms with van der Waals surface area (Å²) in [6.45, 7) is 6.11. The highest BCUT2D eigenvalue weighted by Crippen LogP contribution is 2.28. The fraction of sp³-hybridized carbons (Fsp3) is 0.208. The van der Waals surface area contributed by atoms with E-state index in [2.05, 4.69) is 15.6 Å². The van der Waals surface area contributed by atoms with Gasteiger partial charge in [-0.2, -0.15) is 5.10 Å². The number of benzene rings is 2. The summed E-state index contributed by atoms with van der Waals surface area (Å²) in [5.74, 6) is 0.878. The van der Waals surface area contributed by atoms with Crippen molar-refractivity contribution in [2.45, 2.75) is 33.9 Å². The Kier molecular flexibility index (Phi) is 7.16. The third kappa shape index (κ3) is 5.06. The Bertz CT molecular complexity index is 1340. The monoisotopic (exact) mass is 518 g/mol. The number of halogens is 3. The highest BCUT2D eigenvalue weighted by molar-refractivity contribution is 6.36. The summed E-state index contributed by atoms with van der Waals surface area (Å²) >= 11 is 18.8. The maximum absolute atomic E-state index is 13.0. The Morgan fingerprint density at radius 3 is 2.47 bits per heavy atom. The lowest BCUT2D eigenvalue weighted by atomic mass is 10.1. The van der Waals surface area contributed by atoms with E-state index < -0.39 is 5.91 Å². The van der Waals surface area contributed by atoms with Crippen LogP contribution < -0.4 is 10.1 Å². The van der Waals surface area contributed by atoms with E-state index in [0.717, 1.165) is 16.9 Å². The molecule has 1 N–H and O–H groups in total. The van der Waals surface area contributed by atoms with Gasteiger partial charge in [-0.3, -0.25) is 9.48 Å². The van der Waals surface area contributed by atoms with Gasteiger partial charge >= 0.3 is 0 Å². The minimum absolute atomic E-state index is 0.0996. The van der Waals surface area contributed by atoms with E-state index >= 15 is 0 Å². The molecule has 0 saturated carbocycles. The minimum Gasteiger partial charge on any atom is -0.488 e. The lowest BCUT2D eigenvalue weighted by molar-refractivity contribution is 0.101. The molecule has 4 aromatic rings. The third-order valence-electron chi connectivity index (χ3n) is 5.46. The SMILES string of the molecule is Cc1cccc(OCc2c(C(=O)Nc3nn(Cc4c(Cl)cccc4Cl)cc3Cl)noc2C)c1C. The molecule has 10 heteroatoms. The van der Waals surface area contributed by atoms with Crippen LogP contribution in [-0.4, -0.2) is 20.8 Å². The van der Waals surface area contributed by atoms with Crippen molar-refractivity contribution in [3.8, 4) is 5.75 Å². The molecule has 7 nitrogen and oxygen atoms in total. The first-order valence-electron chi connectivity index (χ1n) is 10.4. The molecule has 176 valence electrons. The van der Waals surface area contributed by atoms with E-state index in [1.165, 1.54) is 0 Å². The van der Waals surface area contributed by atoms with Gasteiger partial charge in [0.25, 0.3) is 5.91 Å². The molecule has 0 saturated heterocycles. The normalized spacial score (nSPS) is 11.0. The highest BCUT2D eigenvalue weighted by Gasteiger charge is 2.23. The van der Waals surface area contributed by atoms with E-state index in [-0.39, 0.29) is 29.7 Å². The summed E-state index contributed by atoms with van der Waals surface area (Å²) in [5.41, 5.74) is 3.47. The predicted octanol–water partition coefficient (Wildman–Crippen LogP) is 6.64. The van der Waals surface area contributed by atoms with Gasteiger partial charge in [-0.05, 0) is 50.1 Å². The van der Waals surface area contributed by atoms with Crippen molar-refractivity contribution < 1.29 is 14.1 Å². The molecular weight excluding hydrogens is 499 g/mol. The van der Waals surface area contributed by atoms with Gasteiger partial charge in [-0.1, -0.05) is 58.2 Å². The molecule has 0 aliphatic heterocycles. The van der Waals surface area contributed by atoms with Crippen molar-refractivity contribution in [1.82, 2.24) is 14.9 Å². The van der Waals surface area contributed by atoms with Crippen LogP contribution in [0.15, 0.2) is 47.1 Å². The van der Waals surface area contributed by atoms with Crippen LogP contribution in [0.3, 0.4) is 0 Å². The van der Waals surface area contributed by atoms with Gasteiger partial charge in [0.05, 0.1) is 12.1 Å². The number of amides is 1. The first kappa shape index (κ1) is 24.1. The zero-order chi connectivity index (χ0) is 24.4. The molecule has 4 rings (SSSR count). The number of rotatable bonds is 7. The molecule has 0 radical (unpaired) electrons. The zero-order valence-corrected chi connectivity index (χ0v) is 20.9. The van der Waals surface area contributed by atoms with Crippen LogP contribution in [0.25, 0.3) is 0 Å². The molecule has 2 heterocycles. The number of hydrogen-bond acceptors (Lipinski definition) is 5. The first-order chi connectivity index (χ1) is 16.2. The molecule has 0 atom stereocenters. The second kappa shape index (κ2) is 10.1. The fourth-order valence-corrected chi connectivity index (χ4v) is 4.06. The second-order valence-electron chi connectivity index (χ2n) is 7.73. The van der Waals surface area contributed by atoms with Gasteiger partial charge in [0, 0.05) is 21.8 Å². The molecule has 0 unspecified atom stereocenters. The van der Waals surface area contributed by atoms with Crippen LogP contribution in [0.4, 0.5) is 5.82 Å². The van der Waals surface area contributed by atoms with Crippen LogP contribution in [0.2, 0.25) is 15.1 Å². The highest BCUT2D eigenvalue weighted by atomic mass is 35.5. The van der Waals surface area contributed by atoms with Gasteiger partial charge in [0.15, 0.2) is 11.5 Å². The first-order valence-corrected chi connectivity index (χ1v) is 11.5. The van der Waals surface area contributed by atoms with Crippen LogP contribution in [-0.2, 0) is 13.2 Å². The van der Waals surface area contributed by atoms with E-state index in [1.807, 2.05) is 32.0 Å². The molecule has 34 heavy (non-hydrogen) atoms. The van der Waals surface area contributed by atoms with Crippen molar-refractivity contribution in [2.75, 3.05) is 5.32 Å². The Labute approximate surface area is 211 Å². The summed E-state index contributed by atoms with van der Waals surface area (Å²) in [6, 6.07) is 11.0. The molecular formula is C24H21Cl3N4O3. The van der Waals surface area contributed by atoms with Crippen molar-refractivity contribution in [3.05, 3.63) is 91.4 Å². The summed E-state index contributed by atoms with van der Waals surface area (Å²) < 4.78 is 12.8. The Morgan fingerprint density at radius 2 is 1.74 bits per heavy atom. The number of carbonyl (C=O) groups excluding carboxylic acids is 1. The maximum atomic E-state index is 13.0. The van der Waals surface area contributed by atoms with Gasteiger partial charge < -0.3 is 14.6 Å². The largest absolute Gasteiger partial charge is 0.488 e. The van der Waals surface area contributed by atoms with Crippen molar-refractivity contribution >= 4 is 46.5 Å². The number of nitrogens with one attached hydrogen (secondary N) is 1. The number of aromatic nitrogens is 3. The van der Waals surface area contributed by atoms with Crippen LogP contribution in [0, 0.1) is 20.8 Å². The molecule has 2 aromatic heterocycles. The van der Waals surface area contributed by atoms with Gasteiger partial charge in [-0.15, -0.1) is 0 Å². The van der Waals surface area contributed by atoms with Gasteiger partial charge in [0.1, 0.15) is 23.1 Å². The maximum Gasteiger partial charge on any atom is 0.279 e. The quantitative estimate of drug-likeness (QED) is 0.296. The zero-order valence-electron chi connectivity index (χ0n) is 18.7. The summed E-state index contributed by atoms with van der Waals surface area (Å²) in [7, 11) is 0. The molecule has 0 fully saturated rings. The van der Waals surface area contributed by atoms with Crippen LogP contribution in [0.1, 0.15) is 38.5 Å². The molecule has 2 aromatic carbocycles. The van der Waals surface area contributed by atoms with E-state index in [4.69, 9.17) is 44.1 Å². The van der Waals surface area contributed by atoms with Crippen LogP contribution >= 0.6 is 34.8 Å². The summed E-state index contributed by atoms with van der Waals surface area (Å²) in [5, 5.41) is 12.2. The van der Waals surface area contributed by atoms with Crippen LogP contribution in [0.5, 0.6) is 5.75 Å². The number of carbonyl (C=O) groups is 1. The topological polar surface area (TPSA) is 82.2 Å². The summed E-state index contributed by atoms with van der Waals surface area (Å²) in [4.78, 5) is 13.0. The number of hydrogen-bond donors (Lipinski definition) is 1. The number of ether oxygens (including phenoxy) is 1. The number of anilines is 1. The standard InChI is InChI=1S/C24H21Cl3N4O3/c1-13-6-4-9-21(14(13)2)33-12-17-15(3)34-30-22(17)24(32)28-23-20(27)11-31(29-23)10-16-18(25)7-5-8-19(16)26/h4-9,11H,10,12H2,1-3H3,(H,28,29,32). The van der Waals surface area contributed by atoms with Gasteiger partial charge in [-0.25, -0.2) is 0 Å². The number of nitrogens with zero attached hydrogens (tertiary/aromatic N) is 3. The number of aryl methyl sites for hydroxylation is 2. The third-order valence-corrected chi connectivity index (χ3v) is 6.44. The molecule has 0 aliphatic carbocycles. The Hall–Kier alpha value is -3.00. The predicted molar refractivity (Wildman–Crippen MR) is 132 cm³/mol. The molecule has 0 spiro atoms. The molecule has 1 amide bonds. The average Bonchev–Trinajstić information content (AvgIpc) is 3.33. The van der Waals surface area contributed by atoms with Gasteiger partial charge in [0.2, 0.25) is 0 Å². The van der Waals surface area contributed by atoms with Crippen molar-refractivity contribution in [2.24, 2.45) is 0 Å². The Balaban J connectivity index is 1.50. The average molecular weight is 520 g/mol. The smallest absolute Gasteiger partial charge is 0.279 e. The second-order valence-corrected chi connectivity index (χ2v) is 8.95. The lowest BCUT2D eigenvalue weighted by Crippen LogP contribution is -2.16. The molecule has 0 bridgehead atoms. The van der Waals surface area contributed by atoms with E-state index in [1.54, 1.807) is 36.0 Å². The van der Waals surface area contributed by atoms with Crippen molar-refractivity contribution in [3.63, 3.8) is 0 Å². The van der Waals surface area contributed by atoms with E-state index in [9.17, 15) is 4.79 Å². The lowest BCUT2D eigenvalue weighted by Gasteiger charge is -2.11. The summed E-state index contributed by atoms with van der Waals surface area (Å²) in [6.07, 6.45) is 1.58. The molecule has 0 aliphatic rings. The van der Waals surface area contributed by atoms with E-state index in [0.29, 0.717) is 26.9 Å². The fourth-order valence-electron chi connectivity index (χ4n) is 3.34. The van der Waals surface area contributed by atoms with Crippen molar-refractivity contribution in [1.29, 1.82) is 0 Å². The minimum atomic E-state index is -0.514.